The van der Waals surface area contributed by atoms with E-state index in [0.29, 0.717) is 26.4 Å². The molecule has 3 N–H and O–H groups in total. The molecule has 6 heteroatoms. The second kappa shape index (κ2) is 11.3. The fourth-order valence-corrected chi connectivity index (χ4v) is 3.59. The number of nitrogens with one attached hydrogen (secondary N) is 3. The number of benzene rings is 2. The van der Waals surface area contributed by atoms with E-state index in [9.17, 15) is 0 Å². The summed E-state index contributed by atoms with van der Waals surface area (Å²) in [6.45, 7) is 5.22. The lowest BCUT2D eigenvalue weighted by Crippen LogP contribution is -2.05. The highest BCUT2D eigenvalue weighted by Gasteiger charge is 2.03. The summed E-state index contributed by atoms with van der Waals surface area (Å²) in [5.74, 6) is 0. The van der Waals surface area contributed by atoms with Crippen molar-refractivity contribution in [2.75, 3.05) is 37.0 Å². The molecule has 2 aromatic heterocycles. The van der Waals surface area contributed by atoms with Crippen LogP contribution < -0.4 is 10.6 Å². The van der Waals surface area contributed by atoms with E-state index in [4.69, 9.17) is 9.47 Å². The molecule has 0 spiro atoms. The first-order chi connectivity index (χ1) is 15.8. The van der Waals surface area contributed by atoms with E-state index < -0.39 is 0 Å². The van der Waals surface area contributed by atoms with Crippen LogP contribution in [0.25, 0.3) is 10.9 Å². The molecular weight excluding hydrogens is 400 g/mol. The average Bonchev–Trinajstić information content (AvgIpc) is 3.24. The summed E-state index contributed by atoms with van der Waals surface area (Å²) in [5, 5.41) is 8.23. The minimum Gasteiger partial charge on any atom is -0.385 e. The van der Waals surface area contributed by atoms with E-state index in [2.05, 4.69) is 75.3 Å². The fraction of sp³-hybridized carbons (Fsp3) is 0.269. The van der Waals surface area contributed by atoms with E-state index >= 15 is 0 Å². The Hall–Kier alpha value is -3.35. The van der Waals surface area contributed by atoms with Crippen molar-refractivity contribution in [3.63, 3.8) is 0 Å². The summed E-state index contributed by atoms with van der Waals surface area (Å²) in [4.78, 5) is 7.71. The first-order valence-electron chi connectivity index (χ1n) is 11.1. The Bertz CT molecular complexity index is 1110. The predicted octanol–water partition coefficient (Wildman–Crippen LogP) is 5.51. The molecule has 0 aliphatic rings. The zero-order chi connectivity index (χ0) is 22.0. The summed E-state index contributed by atoms with van der Waals surface area (Å²) in [6, 6.07) is 20.7. The van der Waals surface area contributed by atoms with Gasteiger partial charge < -0.3 is 25.1 Å². The highest BCUT2D eigenvalue weighted by molar-refractivity contribution is 5.83. The molecule has 0 saturated carbocycles. The molecule has 6 nitrogen and oxygen atoms in total. The number of para-hydroxylation sites is 1. The number of nitrogens with zero attached hydrogens (tertiary/aromatic N) is 1. The topological polar surface area (TPSA) is 71.2 Å². The van der Waals surface area contributed by atoms with Crippen molar-refractivity contribution in [2.45, 2.75) is 20.0 Å². The quantitative estimate of drug-likeness (QED) is 0.258. The second-order valence-corrected chi connectivity index (χ2v) is 7.52. The summed E-state index contributed by atoms with van der Waals surface area (Å²) in [6.07, 6.45) is 4.87. The number of pyridine rings is 1. The zero-order valence-corrected chi connectivity index (χ0v) is 18.4. The lowest BCUT2D eigenvalue weighted by atomic mass is 10.1. The number of aromatic nitrogens is 2. The standard InChI is InChI=1S/C26H30N4O2/c1-2-31-15-16-32-19-24-17-23(12-14-28-24)30-22-9-7-21(8-10-22)27-13-11-20-18-29-26-6-4-3-5-25(20)26/h3-10,12,14,17-18,27,29H,2,11,13,15-16,19H2,1H3,(H,28,30). The van der Waals surface area contributed by atoms with Crippen LogP contribution in [-0.2, 0) is 22.5 Å². The highest BCUT2D eigenvalue weighted by atomic mass is 16.5. The van der Waals surface area contributed by atoms with Gasteiger partial charge in [0.15, 0.2) is 0 Å². The molecule has 0 amide bonds. The molecule has 4 rings (SSSR count). The Morgan fingerprint density at radius 1 is 0.906 bits per heavy atom. The zero-order valence-electron chi connectivity index (χ0n) is 18.4. The molecule has 0 aliphatic carbocycles. The number of ether oxygens (including phenoxy) is 2. The molecule has 0 radical (unpaired) electrons. The van der Waals surface area contributed by atoms with Crippen molar-refractivity contribution in [3.05, 3.63) is 84.3 Å². The van der Waals surface area contributed by atoms with Gasteiger partial charge in [0.05, 0.1) is 25.5 Å². The Morgan fingerprint density at radius 3 is 2.59 bits per heavy atom. The van der Waals surface area contributed by atoms with Crippen molar-refractivity contribution in [3.8, 4) is 0 Å². The van der Waals surface area contributed by atoms with Gasteiger partial charge in [-0.15, -0.1) is 0 Å². The van der Waals surface area contributed by atoms with Crippen molar-refractivity contribution in [2.24, 2.45) is 0 Å². The minimum absolute atomic E-state index is 0.474. The lowest BCUT2D eigenvalue weighted by molar-refractivity contribution is 0.0441. The Morgan fingerprint density at radius 2 is 1.72 bits per heavy atom. The Balaban J connectivity index is 1.25. The molecular formula is C26H30N4O2. The Kier molecular flexibility index (Phi) is 7.74. The molecule has 2 heterocycles. The van der Waals surface area contributed by atoms with E-state index in [1.165, 1.54) is 16.5 Å². The van der Waals surface area contributed by atoms with Gasteiger partial charge in [-0.25, -0.2) is 0 Å². The van der Waals surface area contributed by atoms with Crippen LogP contribution in [0.15, 0.2) is 73.1 Å². The van der Waals surface area contributed by atoms with Gasteiger partial charge in [-0.2, -0.15) is 0 Å². The van der Waals surface area contributed by atoms with Gasteiger partial charge >= 0.3 is 0 Å². The van der Waals surface area contributed by atoms with Crippen molar-refractivity contribution >= 4 is 28.0 Å². The van der Waals surface area contributed by atoms with Crippen molar-refractivity contribution < 1.29 is 9.47 Å². The van der Waals surface area contributed by atoms with Crippen LogP contribution in [0.2, 0.25) is 0 Å². The number of anilines is 3. The lowest BCUT2D eigenvalue weighted by Gasteiger charge is -2.10. The number of aromatic amines is 1. The Labute approximate surface area is 189 Å². The van der Waals surface area contributed by atoms with E-state index in [0.717, 1.165) is 35.7 Å². The van der Waals surface area contributed by atoms with Gasteiger partial charge in [-0.1, -0.05) is 18.2 Å². The third kappa shape index (κ3) is 6.09. The van der Waals surface area contributed by atoms with Crippen molar-refractivity contribution in [1.82, 2.24) is 9.97 Å². The summed E-state index contributed by atoms with van der Waals surface area (Å²) in [7, 11) is 0. The summed E-state index contributed by atoms with van der Waals surface area (Å²) >= 11 is 0. The molecule has 2 aromatic carbocycles. The minimum atomic E-state index is 0.474. The largest absolute Gasteiger partial charge is 0.385 e. The van der Waals surface area contributed by atoms with Crippen LogP contribution in [0.5, 0.6) is 0 Å². The van der Waals surface area contributed by atoms with E-state index in [1.807, 2.05) is 19.1 Å². The third-order valence-corrected chi connectivity index (χ3v) is 5.21. The summed E-state index contributed by atoms with van der Waals surface area (Å²) in [5.41, 5.74) is 6.54. The maximum absolute atomic E-state index is 5.61. The highest BCUT2D eigenvalue weighted by Crippen LogP contribution is 2.21. The van der Waals surface area contributed by atoms with E-state index in [1.54, 1.807) is 6.20 Å². The summed E-state index contributed by atoms with van der Waals surface area (Å²) < 4.78 is 10.9. The van der Waals surface area contributed by atoms with Gasteiger partial charge in [-0.05, 0) is 61.4 Å². The van der Waals surface area contributed by atoms with Gasteiger partial charge in [0.2, 0.25) is 0 Å². The maximum atomic E-state index is 5.61. The number of fused-ring (bicyclic) bond motifs is 1. The van der Waals surface area contributed by atoms with Crippen LogP contribution in [0.1, 0.15) is 18.2 Å². The van der Waals surface area contributed by atoms with Crippen molar-refractivity contribution in [1.29, 1.82) is 0 Å². The van der Waals surface area contributed by atoms with Gasteiger partial charge in [-0.3, -0.25) is 4.98 Å². The fourth-order valence-electron chi connectivity index (χ4n) is 3.59. The van der Waals surface area contributed by atoms with Gasteiger partial charge in [0.1, 0.15) is 0 Å². The van der Waals surface area contributed by atoms with Gasteiger partial charge in [0, 0.05) is 53.5 Å². The van der Waals surface area contributed by atoms with Gasteiger partial charge in [0.25, 0.3) is 0 Å². The van der Waals surface area contributed by atoms with Crippen LogP contribution in [0, 0.1) is 0 Å². The van der Waals surface area contributed by atoms with Crippen LogP contribution in [0.3, 0.4) is 0 Å². The van der Waals surface area contributed by atoms with Crippen LogP contribution >= 0.6 is 0 Å². The average molecular weight is 431 g/mol. The smallest absolute Gasteiger partial charge is 0.0889 e. The number of rotatable bonds is 12. The first-order valence-corrected chi connectivity index (χ1v) is 11.1. The number of hydrogen-bond donors (Lipinski definition) is 3. The monoisotopic (exact) mass is 430 g/mol. The molecule has 32 heavy (non-hydrogen) atoms. The van der Waals surface area contributed by atoms with Crippen LogP contribution in [0.4, 0.5) is 17.1 Å². The van der Waals surface area contributed by atoms with E-state index in [-0.39, 0.29) is 0 Å². The molecule has 0 bridgehead atoms. The molecule has 0 fully saturated rings. The molecule has 0 aliphatic heterocycles. The van der Waals surface area contributed by atoms with Crippen LogP contribution in [-0.4, -0.2) is 36.3 Å². The molecule has 0 saturated heterocycles. The first kappa shape index (κ1) is 21.9. The SMILES string of the molecule is CCOCCOCc1cc(Nc2ccc(NCCc3c[nH]c4ccccc34)cc2)ccn1. The maximum Gasteiger partial charge on any atom is 0.0889 e. The molecule has 0 atom stereocenters. The molecule has 166 valence electrons. The number of hydrogen-bond acceptors (Lipinski definition) is 5. The third-order valence-electron chi connectivity index (χ3n) is 5.21. The number of H-pyrrole nitrogens is 1. The normalized spacial score (nSPS) is 11.0. The predicted molar refractivity (Wildman–Crippen MR) is 131 cm³/mol. The molecule has 4 aromatic rings. The second-order valence-electron chi connectivity index (χ2n) is 7.52. The molecule has 0 unspecified atom stereocenters.